The van der Waals surface area contributed by atoms with Gasteiger partial charge in [0.2, 0.25) is 0 Å². The molecule has 10 heteroatoms. The number of hydrogen-bond acceptors (Lipinski definition) is 7. The number of hydrogen-bond donors (Lipinski definition) is 4. The molecule has 0 aliphatic carbocycles. The van der Waals surface area contributed by atoms with E-state index in [1.54, 1.807) is 12.3 Å². The smallest absolute Gasteiger partial charge is 0.251 e. The number of nitrogens with one attached hydrogen (secondary N) is 4. The molecule has 0 saturated carbocycles. The normalized spacial score (nSPS) is 17.1. The first-order chi connectivity index (χ1) is 14.6. The Labute approximate surface area is 175 Å². The van der Waals surface area contributed by atoms with Crippen molar-refractivity contribution in [2.45, 2.75) is 25.6 Å². The highest BCUT2D eigenvalue weighted by atomic mass is 16.1. The van der Waals surface area contributed by atoms with E-state index < -0.39 is 0 Å². The lowest BCUT2D eigenvalue weighted by atomic mass is 10.1. The molecule has 3 heterocycles. The van der Waals surface area contributed by atoms with E-state index in [0.29, 0.717) is 18.7 Å². The molecule has 1 atom stereocenters. The van der Waals surface area contributed by atoms with Gasteiger partial charge < -0.3 is 15.2 Å². The summed E-state index contributed by atoms with van der Waals surface area (Å²) in [6.45, 7) is 2.81. The number of aromatic nitrogens is 5. The topological polar surface area (TPSA) is 116 Å². The third-order valence-corrected chi connectivity index (χ3v) is 5.29. The second kappa shape index (κ2) is 9.06. The summed E-state index contributed by atoms with van der Waals surface area (Å²) >= 11 is 0. The molecule has 158 valence electrons. The Morgan fingerprint density at radius 1 is 1.23 bits per heavy atom. The third-order valence-electron chi connectivity index (χ3n) is 5.29. The van der Waals surface area contributed by atoms with Crippen molar-refractivity contribution >= 4 is 11.6 Å². The van der Waals surface area contributed by atoms with Crippen LogP contribution >= 0.6 is 0 Å². The molecule has 1 aliphatic rings. The molecule has 10 nitrogen and oxygen atoms in total. The number of rotatable bonds is 7. The zero-order valence-corrected chi connectivity index (χ0v) is 17.2. The van der Waals surface area contributed by atoms with E-state index in [0.717, 1.165) is 42.7 Å². The highest BCUT2D eigenvalue weighted by Crippen LogP contribution is 2.19. The summed E-state index contributed by atoms with van der Waals surface area (Å²) in [4.78, 5) is 14.7. The molecule has 3 aromatic rings. The minimum absolute atomic E-state index is 0.137. The molecule has 0 bridgehead atoms. The molecule has 2 aromatic heterocycles. The predicted octanol–water partition coefficient (Wildman–Crippen LogP) is 1.00. The van der Waals surface area contributed by atoms with Crippen LogP contribution in [0.3, 0.4) is 0 Å². The minimum atomic E-state index is -0.137. The maximum atomic E-state index is 12.4. The predicted molar refractivity (Wildman–Crippen MR) is 113 cm³/mol. The summed E-state index contributed by atoms with van der Waals surface area (Å²) in [6.07, 6.45) is 2.66. The summed E-state index contributed by atoms with van der Waals surface area (Å²) < 4.78 is 2.04. The van der Waals surface area contributed by atoms with E-state index >= 15 is 0 Å². The first-order valence-corrected chi connectivity index (χ1v) is 10.0. The van der Waals surface area contributed by atoms with Gasteiger partial charge in [-0.3, -0.25) is 20.1 Å². The third kappa shape index (κ3) is 4.66. The van der Waals surface area contributed by atoms with Gasteiger partial charge in [0.1, 0.15) is 5.82 Å². The molecule has 0 spiro atoms. The van der Waals surface area contributed by atoms with Crippen LogP contribution in [0.25, 0.3) is 0 Å². The van der Waals surface area contributed by atoms with Crippen molar-refractivity contribution in [2.75, 3.05) is 25.6 Å². The van der Waals surface area contributed by atoms with Crippen molar-refractivity contribution < 1.29 is 4.79 Å². The van der Waals surface area contributed by atoms with Crippen LogP contribution in [-0.2, 0) is 20.1 Å². The van der Waals surface area contributed by atoms with Crippen molar-refractivity contribution in [2.24, 2.45) is 7.05 Å². The molecule has 0 radical (unpaired) electrons. The number of aromatic amines is 1. The highest BCUT2D eigenvalue weighted by Gasteiger charge is 2.23. The molecule has 30 heavy (non-hydrogen) atoms. The molecule has 4 N–H and O–H groups in total. The first kappa shape index (κ1) is 20.0. The summed E-state index contributed by atoms with van der Waals surface area (Å²) in [5.74, 6) is 1.66. The van der Waals surface area contributed by atoms with Crippen LogP contribution in [0, 0.1) is 0 Å². The fourth-order valence-corrected chi connectivity index (χ4v) is 3.46. The molecular weight excluding hydrogens is 382 g/mol. The number of nitrogens with zero attached hydrogens (tertiary/aromatic N) is 5. The second-order valence-corrected chi connectivity index (χ2v) is 7.52. The summed E-state index contributed by atoms with van der Waals surface area (Å²) in [7, 11) is 4.09. The quantitative estimate of drug-likeness (QED) is 0.460. The lowest BCUT2D eigenvalue weighted by Gasteiger charge is -2.29. The SMILES string of the molecule is CN1CCC(c2nnc(CNc3cccc(C(=O)NCc4ccn[nH]4)c3)n2C)NC1. The molecule has 1 aromatic carbocycles. The second-order valence-electron chi connectivity index (χ2n) is 7.52. The minimum Gasteiger partial charge on any atom is -0.378 e. The highest BCUT2D eigenvalue weighted by molar-refractivity contribution is 5.95. The van der Waals surface area contributed by atoms with Crippen molar-refractivity contribution in [1.29, 1.82) is 0 Å². The molecule has 1 fully saturated rings. The number of anilines is 1. The van der Waals surface area contributed by atoms with Gasteiger partial charge in [0.15, 0.2) is 5.82 Å². The van der Waals surface area contributed by atoms with Crippen LogP contribution in [-0.4, -0.2) is 56.0 Å². The summed E-state index contributed by atoms with van der Waals surface area (Å²) in [5.41, 5.74) is 2.30. The van der Waals surface area contributed by atoms with Crippen LogP contribution in [0.4, 0.5) is 5.69 Å². The maximum Gasteiger partial charge on any atom is 0.251 e. The zero-order chi connectivity index (χ0) is 20.9. The Kier molecular flexibility index (Phi) is 6.05. The van der Waals surface area contributed by atoms with Gasteiger partial charge in [0.05, 0.1) is 24.8 Å². The van der Waals surface area contributed by atoms with Gasteiger partial charge in [-0.05, 0) is 37.7 Å². The van der Waals surface area contributed by atoms with Crippen LogP contribution in [0.5, 0.6) is 0 Å². The van der Waals surface area contributed by atoms with Crippen molar-refractivity contribution in [3.8, 4) is 0 Å². The first-order valence-electron chi connectivity index (χ1n) is 10.0. The Morgan fingerprint density at radius 3 is 2.90 bits per heavy atom. The van der Waals surface area contributed by atoms with Crippen LogP contribution in [0.15, 0.2) is 36.5 Å². The van der Waals surface area contributed by atoms with Gasteiger partial charge in [-0.1, -0.05) is 6.07 Å². The summed E-state index contributed by atoms with van der Waals surface area (Å²) in [5, 5.41) is 25.2. The van der Waals surface area contributed by atoms with E-state index in [1.165, 1.54) is 0 Å². The number of carbonyl (C=O) groups excluding carboxylic acids is 1. The fourth-order valence-electron chi connectivity index (χ4n) is 3.46. The van der Waals surface area contributed by atoms with E-state index in [1.807, 2.05) is 35.9 Å². The molecule has 1 amide bonds. The van der Waals surface area contributed by atoms with E-state index in [9.17, 15) is 4.79 Å². The summed E-state index contributed by atoms with van der Waals surface area (Å²) in [6, 6.07) is 9.46. The Hall–Kier alpha value is -3.24. The number of amides is 1. The van der Waals surface area contributed by atoms with Crippen LogP contribution in [0.2, 0.25) is 0 Å². The monoisotopic (exact) mass is 409 g/mol. The van der Waals surface area contributed by atoms with E-state index in [-0.39, 0.29) is 11.9 Å². The molecule has 4 rings (SSSR count). The van der Waals surface area contributed by atoms with Gasteiger partial charge >= 0.3 is 0 Å². The zero-order valence-electron chi connectivity index (χ0n) is 17.2. The van der Waals surface area contributed by atoms with E-state index in [4.69, 9.17) is 0 Å². The van der Waals surface area contributed by atoms with Gasteiger partial charge in [-0.15, -0.1) is 10.2 Å². The standard InChI is InChI=1S/C20H27N9O/c1-28-9-7-17(23-13-28)19-27-26-18(29(19)2)12-21-15-5-3-4-14(10-15)20(30)22-11-16-6-8-24-25-16/h3-6,8,10,17,21,23H,7,9,11-13H2,1-2H3,(H,22,30)(H,24,25). The molecular formula is C20H27N9O. The number of carbonyl (C=O) groups is 1. The lowest BCUT2D eigenvalue weighted by Crippen LogP contribution is -2.42. The van der Waals surface area contributed by atoms with Crippen molar-refractivity contribution in [1.82, 2.24) is 40.5 Å². The lowest BCUT2D eigenvalue weighted by molar-refractivity contribution is 0.0950. The fraction of sp³-hybridized carbons (Fsp3) is 0.400. The van der Waals surface area contributed by atoms with Crippen molar-refractivity contribution in [3.63, 3.8) is 0 Å². The van der Waals surface area contributed by atoms with Crippen LogP contribution < -0.4 is 16.0 Å². The number of H-pyrrole nitrogens is 1. The molecule has 1 unspecified atom stereocenters. The van der Waals surface area contributed by atoms with Gasteiger partial charge in [0, 0.05) is 37.7 Å². The number of benzene rings is 1. The Bertz CT molecular complexity index is 974. The largest absolute Gasteiger partial charge is 0.378 e. The van der Waals surface area contributed by atoms with Crippen LogP contribution in [0.1, 0.15) is 40.2 Å². The Morgan fingerprint density at radius 2 is 2.13 bits per heavy atom. The van der Waals surface area contributed by atoms with Crippen molar-refractivity contribution in [3.05, 3.63) is 59.4 Å². The molecule has 1 aliphatic heterocycles. The average Bonchev–Trinajstić information content (AvgIpc) is 3.41. The molecule has 1 saturated heterocycles. The van der Waals surface area contributed by atoms with Gasteiger partial charge in [0.25, 0.3) is 5.91 Å². The maximum absolute atomic E-state index is 12.4. The van der Waals surface area contributed by atoms with Gasteiger partial charge in [-0.25, -0.2) is 0 Å². The van der Waals surface area contributed by atoms with Gasteiger partial charge in [-0.2, -0.15) is 5.10 Å². The van der Waals surface area contributed by atoms with E-state index in [2.05, 4.69) is 48.3 Å². The average molecular weight is 409 g/mol. The Balaban J connectivity index is 1.35.